The van der Waals surface area contributed by atoms with E-state index in [2.05, 4.69) is 25.4 Å². The molecule has 0 amide bonds. The number of imidazole rings is 1. The van der Waals surface area contributed by atoms with Gasteiger partial charge in [0.2, 0.25) is 11.8 Å². The molecule has 1 fully saturated rings. The van der Waals surface area contributed by atoms with Crippen molar-refractivity contribution in [1.82, 2.24) is 24.1 Å². The van der Waals surface area contributed by atoms with Gasteiger partial charge in [-0.25, -0.2) is 14.8 Å². The Morgan fingerprint density at radius 3 is 2.88 bits per heavy atom. The van der Waals surface area contributed by atoms with Crippen LogP contribution in [0.1, 0.15) is 24.4 Å². The zero-order valence-electron chi connectivity index (χ0n) is 15.6. The SMILES string of the molecule is [2H]Oc1cc(C)c(Nc2ncc3c(n2)n(C2CCOCC2)c(=O)n3C)cn1. The van der Waals surface area contributed by atoms with Gasteiger partial charge in [0.1, 0.15) is 5.52 Å². The number of ether oxygens (including phenoxy) is 1. The van der Waals surface area contributed by atoms with Crippen molar-refractivity contribution in [3.8, 4) is 5.88 Å². The fourth-order valence-electron chi connectivity index (χ4n) is 3.25. The lowest BCUT2D eigenvalue weighted by atomic mass is 10.1. The van der Waals surface area contributed by atoms with Crippen molar-refractivity contribution in [2.45, 2.75) is 25.8 Å². The average Bonchev–Trinajstić information content (AvgIpc) is 2.94. The Hall–Kier alpha value is -2.94. The average molecular weight is 357 g/mol. The summed E-state index contributed by atoms with van der Waals surface area (Å²) in [5.74, 6) is 0.587. The monoisotopic (exact) mass is 357 g/mol. The standard InChI is InChI=1S/C17H20N6O3/c1-10-7-14(24)18-8-12(10)20-16-19-9-13-15(21-16)23(17(25)22(13)2)11-3-5-26-6-4-11/h7-9,11H,3-6H2,1-2H3,(H,18,24)(H,19,20,21)/i/hD. The molecule has 4 rings (SSSR count). The molecule has 0 spiro atoms. The van der Waals surface area contributed by atoms with Crippen molar-refractivity contribution in [3.63, 3.8) is 0 Å². The van der Waals surface area contributed by atoms with Gasteiger partial charge in [-0.05, 0) is 25.3 Å². The van der Waals surface area contributed by atoms with E-state index in [4.69, 9.17) is 6.17 Å². The number of anilines is 2. The molecular weight excluding hydrogens is 336 g/mol. The van der Waals surface area contributed by atoms with Gasteiger partial charge in [-0.3, -0.25) is 9.13 Å². The molecule has 26 heavy (non-hydrogen) atoms. The molecule has 0 unspecified atom stereocenters. The summed E-state index contributed by atoms with van der Waals surface area (Å²) >= 11 is 0. The first kappa shape index (κ1) is 15.3. The van der Waals surface area contributed by atoms with Crippen LogP contribution in [-0.2, 0) is 11.8 Å². The number of aromatic nitrogens is 5. The van der Waals surface area contributed by atoms with Gasteiger partial charge >= 0.3 is 5.69 Å². The minimum absolute atomic E-state index is 0.0644. The van der Waals surface area contributed by atoms with Gasteiger partial charge in [0.15, 0.2) is 5.65 Å². The van der Waals surface area contributed by atoms with E-state index < -0.39 is 0 Å². The molecule has 0 saturated carbocycles. The third-order valence-electron chi connectivity index (χ3n) is 4.72. The molecule has 0 aliphatic carbocycles. The lowest BCUT2D eigenvalue weighted by molar-refractivity contribution is 0.0695. The van der Waals surface area contributed by atoms with Crippen LogP contribution in [0.2, 0.25) is 0 Å². The van der Waals surface area contributed by atoms with E-state index in [1.165, 1.54) is 0 Å². The first-order chi connectivity index (χ1) is 13.1. The molecule has 136 valence electrons. The van der Waals surface area contributed by atoms with E-state index in [1.54, 1.807) is 34.6 Å². The normalized spacial score (nSPS) is 15.8. The van der Waals surface area contributed by atoms with Crippen LogP contribution in [0.4, 0.5) is 11.6 Å². The number of pyridine rings is 1. The molecule has 1 aliphatic rings. The molecule has 3 aromatic rings. The highest BCUT2D eigenvalue weighted by Crippen LogP contribution is 2.25. The van der Waals surface area contributed by atoms with Crippen molar-refractivity contribution < 1.29 is 9.85 Å². The maximum Gasteiger partial charge on any atom is 0.330 e. The molecule has 0 radical (unpaired) electrons. The number of fused-ring (bicyclic) bond motifs is 1. The fourth-order valence-corrected chi connectivity index (χ4v) is 3.25. The lowest BCUT2D eigenvalue weighted by Crippen LogP contribution is -2.30. The lowest BCUT2D eigenvalue weighted by Gasteiger charge is -2.22. The Morgan fingerprint density at radius 2 is 2.15 bits per heavy atom. The number of aryl methyl sites for hydroxylation is 2. The van der Waals surface area contributed by atoms with Crippen LogP contribution in [0.5, 0.6) is 5.88 Å². The number of hydrogen-bond donors (Lipinski definition) is 2. The van der Waals surface area contributed by atoms with Crippen LogP contribution >= 0.6 is 0 Å². The molecule has 0 aromatic carbocycles. The van der Waals surface area contributed by atoms with E-state index in [1.807, 2.05) is 6.92 Å². The minimum atomic E-state index is -0.0989. The number of aromatic hydroxyl groups is 1. The van der Waals surface area contributed by atoms with Crippen molar-refractivity contribution in [1.29, 1.82) is 1.43 Å². The van der Waals surface area contributed by atoms with E-state index in [9.17, 15) is 4.79 Å². The Morgan fingerprint density at radius 1 is 1.35 bits per heavy atom. The second-order valence-electron chi connectivity index (χ2n) is 6.42. The fraction of sp³-hybridized carbons (Fsp3) is 0.412. The minimum Gasteiger partial charge on any atom is -0.493 e. The van der Waals surface area contributed by atoms with Crippen LogP contribution in [0.15, 0.2) is 23.3 Å². The first-order valence-corrected chi connectivity index (χ1v) is 8.47. The highest BCUT2D eigenvalue weighted by atomic mass is 16.5. The molecule has 9 heteroatoms. The Labute approximate surface area is 150 Å². The predicted molar refractivity (Wildman–Crippen MR) is 95.8 cm³/mol. The zero-order chi connectivity index (χ0) is 19.0. The molecule has 1 saturated heterocycles. The molecule has 4 heterocycles. The van der Waals surface area contributed by atoms with E-state index in [-0.39, 0.29) is 17.6 Å². The summed E-state index contributed by atoms with van der Waals surface area (Å²) in [4.78, 5) is 25.7. The zero-order valence-corrected chi connectivity index (χ0v) is 14.6. The molecule has 2 N–H and O–H groups in total. The summed E-state index contributed by atoms with van der Waals surface area (Å²) < 4.78 is 15.6. The Balaban J connectivity index is 1.74. The first-order valence-electron chi connectivity index (χ1n) is 8.88. The van der Waals surface area contributed by atoms with Gasteiger partial charge < -0.3 is 15.2 Å². The maximum atomic E-state index is 12.7. The number of nitrogens with zero attached hydrogens (tertiary/aromatic N) is 5. The van der Waals surface area contributed by atoms with Gasteiger partial charge in [-0.2, -0.15) is 4.98 Å². The van der Waals surface area contributed by atoms with Crippen LogP contribution in [0, 0.1) is 6.92 Å². The van der Waals surface area contributed by atoms with Gasteiger partial charge in [0, 0.05) is 32.4 Å². The Bertz CT molecular complexity index is 1040. The van der Waals surface area contributed by atoms with Gasteiger partial charge in [-0.15, -0.1) is 0 Å². The maximum absolute atomic E-state index is 12.7. The summed E-state index contributed by atoms with van der Waals surface area (Å²) in [6.45, 7) is 3.14. The number of hydrogen-bond acceptors (Lipinski definition) is 7. The second kappa shape index (κ2) is 6.41. The highest BCUT2D eigenvalue weighted by molar-refractivity contribution is 5.73. The Kier molecular flexibility index (Phi) is 3.78. The van der Waals surface area contributed by atoms with Gasteiger partial charge in [-0.1, -0.05) is 0 Å². The van der Waals surface area contributed by atoms with Crippen LogP contribution in [0.25, 0.3) is 11.2 Å². The smallest absolute Gasteiger partial charge is 0.330 e. The molecular formula is C17H20N6O3. The molecule has 0 atom stereocenters. The highest BCUT2D eigenvalue weighted by Gasteiger charge is 2.23. The third-order valence-corrected chi connectivity index (χ3v) is 4.72. The van der Waals surface area contributed by atoms with Crippen molar-refractivity contribution in [3.05, 3.63) is 34.5 Å². The van der Waals surface area contributed by atoms with E-state index in [0.29, 0.717) is 36.0 Å². The van der Waals surface area contributed by atoms with E-state index >= 15 is 0 Å². The topological polar surface area (TPSA) is 107 Å². The van der Waals surface area contributed by atoms with Crippen LogP contribution < -0.4 is 11.0 Å². The van der Waals surface area contributed by atoms with Crippen molar-refractivity contribution in [2.24, 2.45) is 7.05 Å². The van der Waals surface area contributed by atoms with Gasteiger partial charge in [0.05, 0.1) is 18.1 Å². The van der Waals surface area contributed by atoms with Crippen LogP contribution in [-0.4, -0.2) is 43.8 Å². The van der Waals surface area contributed by atoms with Gasteiger partial charge in [0.25, 0.3) is 1.43 Å². The predicted octanol–water partition coefficient (Wildman–Crippen LogP) is 1.63. The molecule has 0 bridgehead atoms. The quantitative estimate of drug-likeness (QED) is 0.731. The summed E-state index contributed by atoms with van der Waals surface area (Å²) in [6, 6.07) is 1.71. The number of rotatable bonds is 4. The second-order valence-corrected chi connectivity index (χ2v) is 6.42. The summed E-state index contributed by atoms with van der Waals surface area (Å²) in [5, 5.41) is 7.51. The third kappa shape index (κ3) is 2.80. The largest absolute Gasteiger partial charge is 0.493 e. The van der Waals surface area contributed by atoms with Crippen molar-refractivity contribution >= 4 is 22.8 Å². The summed E-state index contributed by atoms with van der Waals surface area (Å²) in [7, 11) is 1.73. The molecule has 1 aliphatic heterocycles. The summed E-state index contributed by atoms with van der Waals surface area (Å²) in [6.07, 6.45) is 4.77. The number of nitrogens with one attached hydrogen (secondary N) is 1. The molecule has 3 aromatic heterocycles. The van der Waals surface area contributed by atoms with E-state index in [0.717, 1.165) is 18.4 Å². The van der Waals surface area contributed by atoms with Crippen LogP contribution in [0.3, 0.4) is 0 Å². The molecule has 9 nitrogen and oxygen atoms in total. The van der Waals surface area contributed by atoms with Crippen molar-refractivity contribution in [2.75, 3.05) is 18.5 Å². The summed E-state index contributed by atoms with van der Waals surface area (Å²) in [5.41, 5.74) is 2.73.